The number of aromatic nitrogens is 1. The van der Waals surface area contributed by atoms with Crippen molar-refractivity contribution in [2.45, 2.75) is 26.6 Å². The second-order valence-corrected chi connectivity index (χ2v) is 3.60. The summed E-state index contributed by atoms with van der Waals surface area (Å²) >= 11 is 1.36. The Morgan fingerprint density at radius 3 is 2.64 bits per heavy atom. The predicted molar refractivity (Wildman–Crippen MR) is 44.3 cm³/mol. The summed E-state index contributed by atoms with van der Waals surface area (Å²) in [6, 6.07) is -0.0843. The van der Waals surface area contributed by atoms with Crippen molar-refractivity contribution < 1.29 is 4.39 Å². The number of alkyl halides is 1. The highest BCUT2D eigenvalue weighted by Crippen LogP contribution is 2.22. The summed E-state index contributed by atoms with van der Waals surface area (Å²) in [5, 5.41) is 0.815. The Balaban J connectivity index is 2.95. The highest BCUT2D eigenvalue weighted by atomic mass is 32.1. The fourth-order valence-corrected chi connectivity index (χ4v) is 1.64. The molecule has 1 unspecified atom stereocenters. The van der Waals surface area contributed by atoms with Crippen LogP contribution in [-0.2, 0) is 6.67 Å². The van der Waals surface area contributed by atoms with Crippen molar-refractivity contribution in [2.75, 3.05) is 0 Å². The van der Waals surface area contributed by atoms with E-state index in [1.54, 1.807) is 6.92 Å². The smallest absolute Gasteiger partial charge is 0.126 e. The van der Waals surface area contributed by atoms with Crippen LogP contribution < -0.4 is 5.73 Å². The molecule has 0 aliphatic carbocycles. The zero-order chi connectivity index (χ0) is 8.43. The molecule has 1 rings (SSSR count). The third-order valence-electron chi connectivity index (χ3n) is 1.42. The van der Waals surface area contributed by atoms with E-state index in [1.807, 2.05) is 6.92 Å². The van der Waals surface area contributed by atoms with Crippen LogP contribution in [0.25, 0.3) is 0 Å². The minimum Gasteiger partial charge on any atom is -0.322 e. The lowest BCUT2D eigenvalue weighted by Gasteiger charge is -1.95. The van der Waals surface area contributed by atoms with Gasteiger partial charge >= 0.3 is 0 Å². The summed E-state index contributed by atoms with van der Waals surface area (Å²) < 4.78 is 12.2. The van der Waals surface area contributed by atoms with E-state index in [0.717, 1.165) is 10.7 Å². The van der Waals surface area contributed by atoms with E-state index in [4.69, 9.17) is 5.73 Å². The Hall–Kier alpha value is -0.480. The maximum Gasteiger partial charge on any atom is 0.126 e. The molecule has 0 amide bonds. The largest absolute Gasteiger partial charge is 0.322 e. The minimum absolute atomic E-state index is 0.0843. The molecule has 1 heterocycles. The van der Waals surface area contributed by atoms with Crippen molar-refractivity contribution in [3.05, 3.63) is 15.6 Å². The van der Waals surface area contributed by atoms with Crippen LogP contribution in [0.5, 0.6) is 0 Å². The standard InChI is InChI=1S/C7H11FN2S/c1-4(9)7-10-5(2)6(3-8)11-7/h4H,3,9H2,1-2H3. The maximum atomic E-state index is 12.2. The monoisotopic (exact) mass is 174 g/mol. The molecule has 0 aliphatic heterocycles. The number of thiazole rings is 1. The predicted octanol–water partition coefficient (Wildman–Crippen LogP) is 1.94. The maximum absolute atomic E-state index is 12.2. The Bertz CT molecular complexity index is 245. The van der Waals surface area contributed by atoms with Crippen molar-refractivity contribution >= 4 is 11.3 Å². The third-order valence-corrected chi connectivity index (χ3v) is 2.74. The highest BCUT2D eigenvalue weighted by Gasteiger charge is 2.09. The third kappa shape index (κ3) is 1.75. The average Bonchev–Trinajstić information content (AvgIpc) is 2.31. The molecular formula is C7H11FN2S. The summed E-state index contributed by atoms with van der Waals surface area (Å²) in [4.78, 5) is 4.83. The van der Waals surface area contributed by atoms with Crippen LogP contribution in [0.15, 0.2) is 0 Å². The van der Waals surface area contributed by atoms with Gasteiger partial charge in [-0.05, 0) is 13.8 Å². The highest BCUT2D eigenvalue weighted by molar-refractivity contribution is 7.11. The molecule has 11 heavy (non-hydrogen) atoms. The molecule has 0 bridgehead atoms. The molecule has 0 aliphatic rings. The normalized spacial score (nSPS) is 13.5. The number of halogens is 1. The number of nitrogens with zero attached hydrogens (tertiary/aromatic N) is 1. The Kier molecular flexibility index (Phi) is 2.57. The van der Waals surface area contributed by atoms with Gasteiger partial charge in [-0.2, -0.15) is 0 Å². The Labute approximate surface area is 69.3 Å². The van der Waals surface area contributed by atoms with Gasteiger partial charge in [0.15, 0.2) is 0 Å². The molecule has 0 saturated carbocycles. The van der Waals surface area contributed by atoms with Gasteiger partial charge in [-0.1, -0.05) is 0 Å². The first-order valence-corrected chi connectivity index (χ1v) is 4.24. The van der Waals surface area contributed by atoms with E-state index >= 15 is 0 Å². The van der Waals surface area contributed by atoms with Crippen molar-refractivity contribution in [1.29, 1.82) is 0 Å². The summed E-state index contributed by atoms with van der Waals surface area (Å²) in [5.41, 5.74) is 6.34. The lowest BCUT2D eigenvalue weighted by Crippen LogP contribution is -2.03. The average molecular weight is 174 g/mol. The van der Waals surface area contributed by atoms with E-state index in [0.29, 0.717) is 4.88 Å². The lowest BCUT2D eigenvalue weighted by atomic mass is 10.4. The summed E-state index contributed by atoms with van der Waals surface area (Å²) in [7, 11) is 0. The number of aryl methyl sites for hydroxylation is 1. The summed E-state index contributed by atoms with van der Waals surface area (Å²) in [6.07, 6.45) is 0. The molecule has 0 saturated heterocycles. The molecule has 62 valence electrons. The van der Waals surface area contributed by atoms with E-state index in [-0.39, 0.29) is 6.04 Å². The zero-order valence-electron chi connectivity index (χ0n) is 6.60. The molecule has 0 radical (unpaired) electrons. The van der Waals surface area contributed by atoms with Crippen molar-refractivity contribution in [3.63, 3.8) is 0 Å². The van der Waals surface area contributed by atoms with Gasteiger partial charge in [0, 0.05) is 0 Å². The second kappa shape index (κ2) is 3.28. The minimum atomic E-state index is -0.434. The molecule has 0 spiro atoms. The van der Waals surface area contributed by atoms with Gasteiger partial charge in [0.2, 0.25) is 0 Å². The number of nitrogens with two attached hydrogens (primary N) is 1. The summed E-state index contributed by atoms with van der Waals surface area (Å²) in [6.45, 7) is 3.22. The van der Waals surface area contributed by atoms with E-state index in [9.17, 15) is 4.39 Å². The van der Waals surface area contributed by atoms with Crippen LogP contribution in [0.2, 0.25) is 0 Å². The van der Waals surface area contributed by atoms with Crippen LogP contribution in [0.4, 0.5) is 4.39 Å². The van der Waals surface area contributed by atoms with Crippen molar-refractivity contribution in [3.8, 4) is 0 Å². The fourth-order valence-electron chi connectivity index (χ4n) is 0.769. The molecule has 1 aromatic rings. The molecule has 1 aromatic heterocycles. The Morgan fingerprint density at radius 2 is 2.36 bits per heavy atom. The van der Waals surface area contributed by atoms with E-state index < -0.39 is 6.67 Å². The molecule has 0 fully saturated rings. The topological polar surface area (TPSA) is 38.9 Å². The molecular weight excluding hydrogens is 163 g/mol. The van der Waals surface area contributed by atoms with Crippen LogP contribution in [0.1, 0.15) is 28.5 Å². The Morgan fingerprint density at radius 1 is 1.73 bits per heavy atom. The number of hydrogen-bond acceptors (Lipinski definition) is 3. The van der Waals surface area contributed by atoms with Crippen LogP contribution in [0, 0.1) is 6.92 Å². The van der Waals surface area contributed by atoms with Gasteiger partial charge in [-0.25, -0.2) is 9.37 Å². The van der Waals surface area contributed by atoms with Crippen molar-refractivity contribution in [1.82, 2.24) is 4.98 Å². The molecule has 2 N–H and O–H groups in total. The second-order valence-electron chi connectivity index (χ2n) is 2.48. The number of hydrogen-bond donors (Lipinski definition) is 1. The molecule has 0 aromatic carbocycles. The van der Waals surface area contributed by atoms with E-state index in [2.05, 4.69) is 4.98 Å². The van der Waals surface area contributed by atoms with Crippen LogP contribution >= 0.6 is 11.3 Å². The SMILES string of the molecule is Cc1nc(C(C)N)sc1CF. The van der Waals surface area contributed by atoms with Gasteiger partial charge in [0.25, 0.3) is 0 Å². The first-order chi connectivity index (χ1) is 5.15. The van der Waals surface area contributed by atoms with Gasteiger partial charge in [0.05, 0.1) is 16.6 Å². The van der Waals surface area contributed by atoms with Crippen LogP contribution in [-0.4, -0.2) is 4.98 Å². The van der Waals surface area contributed by atoms with Crippen LogP contribution in [0.3, 0.4) is 0 Å². The van der Waals surface area contributed by atoms with E-state index in [1.165, 1.54) is 11.3 Å². The van der Waals surface area contributed by atoms with Crippen molar-refractivity contribution in [2.24, 2.45) is 5.73 Å². The quantitative estimate of drug-likeness (QED) is 0.744. The molecule has 1 atom stereocenters. The molecule has 4 heteroatoms. The zero-order valence-corrected chi connectivity index (χ0v) is 7.41. The summed E-state index contributed by atoms with van der Waals surface area (Å²) in [5.74, 6) is 0. The van der Waals surface area contributed by atoms with Gasteiger partial charge in [0.1, 0.15) is 11.7 Å². The van der Waals surface area contributed by atoms with Gasteiger partial charge in [-0.3, -0.25) is 0 Å². The lowest BCUT2D eigenvalue weighted by molar-refractivity contribution is 0.489. The van der Waals surface area contributed by atoms with Gasteiger partial charge < -0.3 is 5.73 Å². The first-order valence-electron chi connectivity index (χ1n) is 3.43. The fraction of sp³-hybridized carbons (Fsp3) is 0.571. The first kappa shape index (κ1) is 8.62. The molecule has 2 nitrogen and oxygen atoms in total. The number of rotatable bonds is 2. The van der Waals surface area contributed by atoms with Gasteiger partial charge in [-0.15, -0.1) is 11.3 Å².